The Kier molecular flexibility index (Phi) is 5.05. The normalized spacial score (nSPS) is 15.8. The number of carbonyl (C=O) groups is 1. The zero-order valence-corrected chi connectivity index (χ0v) is 14.0. The molecule has 126 valence electrons. The molecule has 24 heavy (non-hydrogen) atoms. The number of nitrogens with zero attached hydrogens (tertiary/aromatic N) is 2. The molecular weight excluding hydrogens is 328 g/mol. The van der Waals surface area contributed by atoms with Crippen molar-refractivity contribution >= 4 is 23.5 Å². The number of hydrogen-bond acceptors (Lipinski definition) is 7. The lowest BCUT2D eigenvalue weighted by Gasteiger charge is -2.26. The summed E-state index contributed by atoms with van der Waals surface area (Å²) in [5.41, 5.74) is 6.44. The van der Waals surface area contributed by atoms with Crippen LogP contribution >= 0.6 is 11.8 Å². The van der Waals surface area contributed by atoms with Crippen molar-refractivity contribution in [1.29, 1.82) is 0 Å². The van der Waals surface area contributed by atoms with Gasteiger partial charge in [-0.2, -0.15) is 0 Å². The Bertz CT molecular complexity index is 721. The molecule has 0 unspecified atom stereocenters. The van der Waals surface area contributed by atoms with Crippen LogP contribution in [0.2, 0.25) is 0 Å². The molecule has 1 aliphatic heterocycles. The number of amides is 1. The monoisotopic (exact) mass is 346 g/mol. The molecule has 1 atom stereocenters. The number of hydrogen-bond donors (Lipinski definition) is 2. The Morgan fingerprint density at radius 3 is 2.96 bits per heavy atom. The summed E-state index contributed by atoms with van der Waals surface area (Å²) in [4.78, 5) is 20.3. The summed E-state index contributed by atoms with van der Waals surface area (Å²) in [6, 6.07) is 9.16. The number of benzene rings is 1. The molecule has 8 heteroatoms. The third kappa shape index (κ3) is 4.29. The van der Waals surface area contributed by atoms with Crippen LogP contribution in [0.15, 0.2) is 35.5 Å². The quantitative estimate of drug-likeness (QED) is 0.624. The van der Waals surface area contributed by atoms with Crippen molar-refractivity contribution in [3.05, 3.63) is 36.0 Å². The molecule has 0 saturated heterocycles. The molecule has 0 radical (unpaired) electrons. The molecule has 0 bridgehead atoms. The fourth-order valence-corrected chi connectivity index (χ4v) is 2.94. The summed E-state index contributed by atoms with van der Waals surface area (Å²) in [5, 5.41) is 3.33. The van der Waals surface area contributed by atoms with Crippen molar-refractivity contribution in [3.63, 3.8) is 0 Å². The van der Waals surface area contributed by atoms with E-state index >= 15 is 0 Å². The Balaban J connectivity index is 1.45. The summed E-state index contributed by atoms with van der Waals surface area (Å²) >= 11 is 1.25. The highest BCUT2D eigenvalue weighted by atomic mass is 32.2. The first-order valence-electron chi connectivity index (χ1n) is 7.49. The molecular formula is C16H18N4O3S. The maximum atomic E-state index is 12.0. The first kappa shape index (κ1) is 16.4. The first-order valence-corrected chi connectivity index (χ1v) is 8.48. The van der Waals surface area contributed by atoms with E-state index in [1.807, 2.05) is 31.2 Å². The number of nitrogen functional groups attached to an aromatic ring is 1. The van der Waals surface area contributed by atoms with Gasteiger partial charge in [-0.25, -0.2) is 9.97 Å². The molecule has 7 nitrogen and oxygen atoms in total. The van der Waals surface area contributed by atoms with E-state index in [1.54, 1.807) is 6.07 Å². The van der Waals surface area contributed by atoms with Crippen molar-refractivity contribution < 1.29 is 14.3 Å². The first-order chi connectivity index (χ1) is 11.6. The predicted molar refractivity (Wildman–Crippen MR) is 91.3 cm³/mol. The Morgan fingerprint density at radius 1 is 1.38 bits per heavy atom. The number of ether oxygens (including phenoxy) is 2. The SMILES string of the molecule is Cc1cc(N)nc(SCC(=O)NC[C@@H]2COc3ccccc3O2)n1. The molecule has 0 aliphatic carbocycles. The van der Waals surface area contributed by atoms with Gasteiger partial charge in [-0.3, -0.25) is 4.79 Å². The van der Waals surface area contributed by atoms with Crippen LogP contribution in [0.5, 0.6) is 11.5 Å². The molecule has 0 spiro atoms. The summed E-state index contributed by atoms with van der Waals surface area (Å²) < 4.78 is 11.4. The number of aryl methyl sites for hydroxylation is 1. The molecule has 1 aromatic heterocycles. The molecule has 2 aromatic rings. The van der Waals surface area contributed by atoms with Crippen molar-refractivity contribution in [2.24, 2.45) is 0 Å². The number of nitrogens with one attached hydrogen (secondary N) is 1. The van der Waals surface area contributed by atoms with Gasteiger partial charge in [0, 0.05) is 11.8 Å². The number of thioether (sulfide) groups is 1. The van der Waals surface area contributed by atoms with Gasteiger partial charge in [0.25, 0.3) is 0 Å². The van der Waals surface area contributed by atoms with Gasteiger partial charge in [-0.1, -0.05) is 23.9 Å². The van der Waals surface area contributed by atoms with Crippen LogP contribution < -0.4 is 20.5 Å². The molecule has 3 N–H and O–H groups in total. The van der Waals surface area contributed by atoms with Crippen LogP contribution in [0.4, 0.5) is 5.82 Å². The average Bonchev–Trinajstić information content (AvgIpc) is 2.57. The molecule has 0 saturated carbocycles. The van der Waals surface area contributed by atoms with E-state index in [2.05, 4.69) is 15.3 Å². The second kappa shape index (κ2) is 7.39. The van der Waals surface area contributed by atoms with E-state index in [4.69, 9.17) is 15.2 Å². The number of rotatable bonds is 5. The van der Waals surface area contributed by atoms with Crippen LogP contribution in [0, 0.1) is 6.92 Å². The van der Waals surface area contributed by atoms with Gasteiger partial charge < -0.3 is 20.5 Å². The van der Waals surface area contributed by atoms with Crippen molar-refractivity contribution in [3.8, 4) is 11.5 Å². The lowest BCUT2D eigenvalue weighted by atomic mass is 10.2. The van der Waals surface area contributed by atoms with E-state index in [1.165, 1.54) is 11.8 Å². The Hall–Kier alpha value is -2.48. The topological polar surface area (TPSA) is 99.4 Å². The van der Waals surface area contributed by atoms with Gasteiger partial charge in [0.15, 0.2) is 16.7 Å². The van der Waals surface area contributed by atoms with Crippen molar-refractivity contribution in [1.82, 2.24) is 15.3 Å². The van der Waals surface area contributed by atoms with E-state index in [9.17, 15) is 4.79 Å². The standard InChI is InChI=1S/C16H18N4O3S/c1-10-6-14(17)20-16(19-10)24-9-15(21)18-7-11-8-22-12-4-2-3-5-13(12)23-11/h2-6,11H,7-9H2,1H3,(H,18,21)(H2,17,19,20)/t11-/m1/s1. The number of aromatic nitrogens is 2. The van der Waals surface area contributed by atoms with Gasteiger partial charge in [0.2, 0.25) is 5.91 Å². The van der Waals surface area contributed by atoms with Gasteiger partial charge in [0.05, 0.1) is 12.3 Å². The average molecular weight is 346 g/mol. The van der Waals surface area contributed by atoms with E-state index in [0.717, 1.165) is 11.4 Å². The van der Waals surface area contributed by atoms with E-state index in [0.29, 0.717) is 29.9 Å². The Labute approximate surface area is 144 Å². The van der Waals surface area contributed by atoms with Crippen LogP contribution in [0.1, 0.15) is 5.69 Å². The van der Waals surface area contributed by atoms with Gasteiger partial charge in [-0.15, -0.1) is 0 Å². The zero-order chi connectivity index (χ0) is 16.9. The summed E-state index contributed by atoms with van der Waals surface area (Å²) in [5.74, 6) is 1.92. The summed E-state index contributed by atoms with van der Waals surface area (Å²) in [6.07, 6.45) is -0.209. The highest BCUT2D eigenvalue weighted by Crippen LogP contribution is 2.30. The van der Waals surface area contributed by atoms with Gasteiger partial charge >= 0.3 is 0 Å². The number of anilines is 1. The van der Waals surface area contributed by atoms with Gasteiger partial charge in [0.1, 0.15) is 18.5 Å². The molecule has 3 rings (SSSR count). The molecule has 1 amide bonds. The maximum Gasteiger partial charge on any atom is 0.230 e. The van der Waals surface area contributed by atoms with Crippen LogP contribution in [-0.2, 0) is 4.79 Å². The van der Waals surface area contributed by atoms with E-state index < -0.39 is 0 Å². The second-order valence-electron chi connectivity index (χ2n) is 5.31. The maximum absolute atomic E-state index is 12.0. The minimum absolute atomic E-state index is 0.119. The number of para-hydroxylation sites is 2. The number of nitrogens with two attached hydrogens (primary N) is 1. The van der Waals surface area contributed by atoms with Crippen molar-refractivity contribution in [2.45, 2.75) is 18.2 Å². The fourth-order valence-electron chi connectivity index (χ4n) is 2.20. The second-order valence-corrected chi connectivity index (χ2v) is 6.25. The van der Waals surface area contributed by atoms with Crippen LogP contribution in [0.3, 0.4) is 0 Å². The zero-order valence-electron chi connectivity index (χ0n) is 13.2. The third-order valence-corrected chi connectivity index (χ3v) is 4.13. The smallest absolute Gasteiger partial charge is 0.230 e. The molecule has 0 fully saturated rings. The molecule has 1 aliphatic rings. The minimum atomic E-state index is -0.209. The molecule has 2 heterocycles. The predicted octanol–water partition coefficient (Wildman–Crippen LogP) is 1.42. The summed E-state index contributed by atoms with van der Waals surface area (Å²) in [7, 11) is 0. The highest BCUT2D eigenvalue weighted by Gasteiger charge is 2.21. The third-order valence-electron chi connectivity index (χ3n) is 3.28. The molecule has 1 aromatic carbocycles. The van der Waals surface area contributed by atoms with E-state index in [-0.39, 0.29) is 17.8 Å². The fraction of sp³-hybridized carbons (Fsp3) is 0.312. The number of carbonyl (C=O) groups excluding carboxylic acids is 1. The Morgan fingerprint density at radius 2 is 2.17 bits per heavy atom. The number of fused-ring (bicyclic) bond motifs is 1. The lowest BCUT2D eigenvalue weighted by Crippen LogP contribution is -2.41. The van der Waals surface area contributed by atoms with Gasteiger partial charge in [-0.05, 0) is 19.1 Å². The lowest BCUT2D eigenvalue weighted by molar-refractivity contribution is -0.119. The highest BCUT2D eigenvalue weighted by molar-refractivity contribution is 7.99. The summed E-state index contributed by atoms with van der Waals surface area (Å²) in [6.45, 7) is 2.62. The van der Waals surface area contributed by atoms with Crippen LogP contribution in [0.25, 0.3) is 0 Å². The largest absolute Gasteiger partial charge is 0.486 e. The minimum Gasteiger partial charge on any atom is -0.486 e. The van der Waals surface area contributed by atoms with Crippen molar-refractivity contribution in [2.75, 3.05) is 24.6 Å². The van der Waals surface area contributed by atoms with Crippen LogP contribution in [-0.4, -0.2) is 40.9 Å².